The third kappa shape index (κ3) is 4.64. The quantitative estimate of drug-likeness (QED) is 0.827. The SMILES string of the molecule is CCC(NS(=O)(=O)c1ccc(F)cc1)C(=O)Nc1c(C)cccc1C. The molecule has 0 aromatic heterocycles. The number of carbonyl (C=O) groups is 1. The Labute approximate surface area is 147 Å². The molecule has 0 aliphatic heterocycles. The predicted octanol–water partition coefficient (Wildman–Crippen LogP) is 3.14. The van der Waals surface area contributed by atoms with Gasteiger partial charge in [-0.25, -0.2) is 12.8 Å². The van der Waals surface area contributed by atoms with Crippen molar-refractivity contribution in [1.29, 1.82) is 0 Å². The van der Waals surface area contributed by atoms with Gasteiger partial charge in [-0.05, 0) is 55.7 Å². The van der Waals surface area contributed by atoms with Crippen molar-refractivity contribution in [2.45, 2.75) is 38.1 Å². The second kappa shape index (κ2) is 7.76. The first-order chi connectivity index (χ1) is 11.7. The van der Waals surface area contributed by atoms with Gasteiger partial charge >= 0.3 is 0 Å². The molecule has 1 atom stereocenters. The summed E-state index contributed by atoms with van der Waals surface area (Å²) in [6.07, 6.45) is 0.275. The van der Waals surface area contributed by atoms with Gasteiger partial charge in [-0.15, -0.1) is 0 Å². The molecule has 2 aromatic carbocycles. The monoisotopic (exact) mass is 364 g/mol. The van der Waals surface area contributed by atoms with Crippen LogP contribution in [0.15, 0.2) is 47.4 Å². The molecule has 0 aliphatic carbocycles. The molecule has 2 N–H and O–H groups in total. The highest BCUT2D eigenvalue weighted by Crippen LogP contribution is 2.20. The number of anilines is 1. The van der Waals surface area contributed by atoms with Crippen molar-refractivity contribution in [1.82, 2.24) is 4.72 Å². The van der Waals surface area contributed by atoms with Crippen molar-refractivity contribution in [3.63, 3.8) is 0 Å². The lowest BCUT2D eigenvalue weighted by Gasteiger charge is -2.19. The molecule has 0 spiro atoms. The molecule has 1 amide bonds. The van der Waals surface area contributed by atoms with Crippen LogP contribution in [0.3, 0.4) is 0 Å². The maximum atomic E-state index is 13.0. The Morgan fingerprint density at radius 1 is 1.08 bits per heavy atom. The number of hydrogen-bond donors (Lipinski definition) is 2. The Morgan fingerprint density at radius 2 is 1.64 bits per heavy atom. The Morgan fingerprint density at radius 3 is 2.16 bits per heavy atom. The van der Waals surface area contributed by atoms with Crippen LogP contribution in [-0.4, -0.2) is 20.4 Å². The zero-order valence-corrected chi connectivity index (χ0v) is 15.2. The van der Waals surface area contributed by atoms with Crippen LogP contribution in [0.2, 0.25) is 0 Å². The normalized spacial score (nSPS) is 12.6. The molecule has 1 unspecified atom stereocenters. The maximum Gasteiger partial charge on any atom is 0.242 e. The molecule has 0 heterocycles. The highest BCUT2D eigenvalue weighted by Gasteiger charge is 2.25. The Hall–Kier alpha value is -2.25. The minimum absolute atomic E-state index is 0.0905. The standard InChI is InChI=1S/C18H21FN2O3S/c1-4-16(18(22)20-17-12(2)6-5-7-13(17)3)21-25(23,24)15-10-8-14(19)9-11-15/h5-11,16,21H,4H2,1-3H3,(H,20,22). The van der Waals surface area contributed by atoms with Crippen LogP contribution in [0.1, 0.15) is 24.5 Å². The summed E-state index contributed by atoms with van der Waals surface area (Å²) in [5, 5.41) is 2.79. The summed E-state index contributed by atoms with van der Waals surface area (Å²) in [4.78, 5) is 12.4. The van der Waals surface area contributed by atoms with Gasteiger partial charge in [-0.2, -0.15) is 4.72 Å². The summed E-state index contributed by atoms with van der Waals surface area (Å²) in [6.45, 7) is 5.45. The van der Waals surface area contributed by atoms with Gasteiger partial charge in [0.2, 0.25) is 15.9 Å². The number of nitrogens with one attached hydrogen (secondary N) is 2. The van der Waals surface area contributed by atoms with Crippen molar-refractivity contribution in [2.24, 2.45) is 0 Å². The first-order valence-corrected chi connectivity index (χ1v) is 9.38. The Bertz CT molecular complexity index is 844. The van der Waals surface area contributed by atoms with Gasteiger partial charge in [-0.3, -0.25) is 4.79 Å². The van der Waals surface area contributed by atoms with Crippen molar-refractivity contribution >= 4 is 21.6 Å². The molecule has 0 saturated carbocycles. The van der Waals surface area contributed by atoms with E-state index in [4.69, 9.17) is 0 Å². The fourth-order valence-corrected chi connectivity index (χ4v) is 3.69. The zero-order chi connectivity index (χ0) is 18.6. The minimum Gasteiger partial charge on any atom is -0.324 e. The van der Waals surface area contributed by atoms with E-state index in [1.165, 1.54) is 0 Å². The predicted molar refractivity (Wildman–Crippen MR) is 95.3 cm³/mol. The summed E-state index contributed by atoms with van der Waals surface area (Å²) < 4.78 is 40.1. The van der Waals surface area contributed by atoms with Crippen molar-refractivity contribution < 1.29 is 17.6 Å². The summed E-state index contributed by atoms with van der Waals surface area (Å²) in [7, 11) is -3.92. The van der Waals surface area contributed by atoms with Crippen molar-refractivity contribution in [3.05, 3.63) is 59.4 Å². The van der Waals surface area contributed by atoms with E-state index in [1.807, 2.05) is 32.0 Å². The van der Waals surface area contributed by atoms with E-state index in [0.717, 1.165) is 35.4 Å². The second-order valence-corrected chi connectivity index (χ2v) is 7.51. The smallest absolute Gasteiger partial charge is 0.242 e. The number of sulfonamides is 1. The van der Waals surface area contributed by atoms with E-state index in [2.05, 4.69) is 10.0 Å². The number of amides is 1. The van der Waals surface area contributed by atoms with Gasteiger partial charge in [-0.1, -0.05) is 25.1 Å². The minimum atomic E-state index is -3.92. The van der Waals surface area contributed by atoms with Gasteiger partial charge in [0, 0.05) is 5.69 Å². The van der Waals surface area contributed by atoms with Crippen LogP contribution in [0.25, 0.3) is 0 Å². The van der Waals surface area contributed by atoms with Gasteiger partial charge in [0.05, 0.1) is 4.90 Å². The second-order valence-electron chi connectivity index (χ2n) is 5.79. The average molecular weight is 364 g/mol. The molecular weight excluding hydrogens is 343 g/mol. The highest BCUT2D eigenvalue weighted by atomic mass is 32.2. The van der Waals surface area contributed by atoms with E-state index in [-0.39, 0.29) is 11.3 Å². The lowest BCUT2D eigenvalue weighted by atomic mass is 10.1. The van der Waals surface area contributed by atoms with Crippen LogP contribution < -0.4 is 10.0 Å². The fraction of sp³-hybridized carbons (Fsp3) is 0.278. The van der Waals surface area contributed by atoms with E-state index in [9.17, 15) is 17.6 Å². The topological polar surface area (TPSA) is 75.3 Å². The molecule has 0 radical (unpaired) electrons. The molecule has 2 aromatic rings. The van der Waals surface area contributed by atoms with Crippen LogP contribution in [0.4, 0.5) is 10.1 Å². The number of benzene rings is 2. The number of halogens is 1. The Kier molecular flexibility index (Phi) is 5.92. The summed E-state index contributed by atoms with van der Waals surface area (Å²) in [6, 6.07) is 9.13. The molecule has 134 valence electrons. The van der Waals surface area contributed by atoms with Crippen LogP contribution in [-0.2, 0) is 14.8 Å². The van der Waals surface area contributed by atoms with E-state index in [0.29, 0.717) is 5.69 Å². The molecule has 0 bridgehead atoms. The molecule has 0 fully saturated rings. The zero-order valence-electron chi connectivity index (χ0n) is 14.3. The number of carbonyl (C=O) groups excluding carboxylic acids is 1. The lowest BCUT2D eigenvalue weighted by molar-refractivity contribution is -0.117. The van der Waals surface area contributed by atoms with Crippen LogP contribution in [0, 0.1) is 19.7 Å². The van der Waals surface area contributed by atoms with E-state index < -0.39 is 27.8 Å². The molecule has 0 aliphatic rings. The van der Waals surface area contributed by atoms with Gasteiger partial charge in [0.25, 0.3) is 0 Å². The van der Waals surface area contributed by atoms with E-state index >= 15 is 0 Å². The summed E-state index contributed by atoms with van der Waals surface area (Å²) >= 11 is 0. The third-order valence-corrected chi connectivity index (χ3v) is 5.36. The van der Waals surface area contributed by atoms with Crippen LogP contribution in [0.5, 0.6) is 0 Å². The molecule has 5 nitrogen and oxygen atoms in total. The Balaban J connectivity index is 2.19. The number of aryl methyl sites for hydroxylation is 2. The molecule has 0 saturated heterocycles. The first kappa shape index (κ1) is 19.1. The van der Waals surface area contributed by atoms with Gasteiger partial charge in [0.1, 0.15) is 11.9 Å². The third-order valence-electron chi connectivity index (χ3n) is 3.88. The largest absolute Gasteiger partial charge is 0.324 e. The maximum absolute atomic E-state index is 13.0. The van der Waals surface area contributed by atoms with Crippen LogP contribution >= 0.6 is 0 Å². The molecule has 2 rings (SSSR count). The van der Waals surface area contributed by atoms with Crippen molar-refractivity contribution in [3.8, 4) is 0 Å². The summed E-state index contributed by atoms with van der Waals surface area (Å²) in [5.74, 6) is -0.968. The number of hydrogen-bond acceptors (Lipinski definition) is 3. The van der Waals surface area contributed by atoms with Crippen molar-refractivity contribution in [2.75, 3.05) is 5.32 Å². The van der Waals surface area contributed by atoms with E-state index in [1.54, 1.807) is 6.92 Å². The molecular formula is C18H21FN2O3S. The lowest BCUT2D eigenvalue weighted by Crippen LogP contribution is -2.43. The summed E-state index contributed by atoms with van der Waals surface area (Å²) in [5.41, 5.74) is 2.46. The average Bonchev–Trinajstić information content (AvgIpc) is 2.56. The van der Waals surface area contributed by atoms with Gasteiger partial charge < -0.3 is 5.32 Å². The first-order valence-electron chi connectivity index (χ1n) is 7.89. The fourth-order valence-electron chi connectivity index (χ4n) is 2.41. The van der Waals surface area contributed by atoms with Gasteiger partial charge in [0.15, 0.2) is 0 Å². The highest BCUT2D eigenvalue weighted by molar-refractivity contribution is 7.89. The molecule has 7 heteroatoms. The molecule has 25 heavy (non-hydrogen) atoms. The number of para-hydroxylation sites is 1. The number of rotatable bonds is 6.